The van der Waals surface area contributed by atoms with Gasteiger partial charge in [0.15, 0.2) is 0 Å². The Hall–Kier alpha value is -1.55. The van der Waals surface area contributed by atoms with Crippen molar-refractivity contribution in [1.82, 2.24) is 4.31 Å². The quantitative estimate of drug-likeness (QED) is 0.553. The molecule has 116 valence electrons. The second-order valence-corrected chi connectivity index (χ2v) is 8.12. The lowest BCUT2D eigenvalue weighted by Gasteiger charge is -2.44. The van der Waals surface area contributed by atoms with E-state index in [4.69, 9.17) is 0 Å². The van der Waals surface area contributed by atoms with Crippen LogP contribution in [0.1, 0.15) is 23.5 Å². The Labute approximate surface area is 146 Å². The molecule has 2 heterocycles. The van der Waals surface area contributed by atoms with Crippen molar-refractivity contribution in [3.05, 3.63) is 89.3 Å². The van der Waals surface area contributed by atoms with Crippen LogP contribution in [0, 0.1) is 0 Å². The highest BCUT2D eigenvalue weighted by molar-refractivity contribution is 7.99. The van der Waals surface area contributed by atoms with Crippen LogP contribution < -0.4 is 0 Å². The van der Waals surface area contributed by atoms with E-state index in [1.165, 1.54) is 28.3 Å². The van der Waals surface area contributed by atoms with Gasteiger partial charge in [0.25, 0.3) is 0 Å². The highest BCUT2D eigenvalue weighted by atomic mass is 32.2. The Bertz CT molecular complexity index is 685. The van der Waals surface area contributed by atoms with Gasteiger partial charge >= 0.3 is 0 Å². The summed E-state index contributed by atoms with van der Waals surface area (Å²) in [5.41, 5.74) is 2.83. The van der Waals surface area contributed by atoms with Gasteiger partial charge in [-0.15, -0.1) is 11.3 Å². The fourth-order valence-corrected chi connectivity index (χ4v) is 5.22. The van der Waals surface area contributed by atoms with E-state index < -0.39 is 0 Å². The first-order valence-electron chi connectivity index (χ1n) is 8.00. The molecule has 1 nitrogen and oxygen atoms in total. The summed E-state index contributed by atoms with van der Waals surface area (Å²) in [7, 11) is 0. The molecule has 0 radical (unpaired) electrons. The molecule has 4 rings (SSSR count). The van der Waals surface area contributed by atoms with E-state index in [9.17, 15) is 0 Å². The second-order valence-electron chi connectivity index (χ2n) is 5.82. The highest BCUT2D eigenvalue weighted by Gasteiger charge is 2.37. The zero-order valence-electron chi connectivity index (χ0n) is 12.8. The number of benzene rings is 2. The van der Waals surface area contributed by atoms with Gasteiger partial charge in [-0.3, -0.25) is 0 Å². The molecule has 1 aliphatic rings. The Morgan fingerprint density at radius 1 is 0.870 bits per heavy atom. The smallest absolute Gasteiger partial charge is 0.0753 e. The van der Waals surface area contributed by atoms with Crippen LogP contribution in [0.5, 0.6) is 0 Å². The maximum atomic E-state index is 2.55. The molecule has 23 heavy (non-hydrogen) atoms. The molecular formula is C20H19NS2. The van der Waals surface area contributed by atoms with Gasteiger partial charge in [0.2, 0.25) is 0 Å². The zero-order chi connectivity index (χ0) is 15.5. The molecule has 2 aromatic carbocycles. The Balaban J connectivity index is 1.63. The van der Waals surface area contributed by atoms with Gasteiger partial charge in [-0.25, -0.2) is 4.31 Å². The summed E-state index contributed by atoms with van der Waals surface area (Å²) in [5.74, 6) is 0.443. The average molecular weight is 338 g/mol. The maximum Gasteiger partial charge on any atom is 0.0753 e. The number of rotatable bonds is 5. The van der Waals surface area contributed by atoms with E-state index in [1.54, 1.807) is 0 Å². The van der Waals surface area contributed by atoms with Crippen LogP contribution in [-0.2, 0) is 0 Å². The molecule has 3 aromatic rings. The van der Waals surface area contributed by atoms with Crippen LogP contribution in [0.4, 0.5) is 0 Å². The number of nitrogens with zero attached hydrogens (tertiary/aromatic N) is 1. The molecule has 0 amide bonds. The van der Waals surface area contributed by atoms with Gasteiger partial charge in [-0.1, -0.05) is 66.7 Å². The van der Waals surface area contributed by atoms with Gasteiger partial charge in [0, 0.05) is 18.5 Å². The Morgan fingerprint density at radius 2 is 1.52 bits per heavy atom. The summed E-state index contributed by atoms with van der Waals surface area (Å²) >= 11 is 3.74. The summed E-state index contributed by atoms with van der Waals surface area (Å²) in [5, 5.41) is 2.16. The highest BCUT2D eigenvalue weighted by Crippen LogP contribution is 2.43. The minimum Gasteiger partial charge on any atom is -0.242 e. The molecule has 1 aliphatic heterocycles. The molecule has 0 aliphatic carbocycles. The Kier molecular flexibility index (Phi) is 4.51. The number of thiophene rings is 1. The van der Waals surface area contributed by atoms with Gasteiger partial charge in [0.1, 0.15) is 0 Å². The standard InChI is InChI=1S/C20H19NS2/c1-3-8-16(9-4-1)20(17-10-5-2-6-11-17)18-13-14-21(18)23-19-12-7-15-22-19/h1-12,15,18,20H,13-14H2. The van der Waals surface area contributed by atoms with Gasteiger partial charge in [-0.05, 0) is 40.9 Å². The fourth-order valence-electron chi connectivity index (χ4n) is 3.22. The van der Waals surface area contributed by atoms with Crippen LogP contribution in [0.2, 0.25) is 0 Å². The predicted molar refractivity (Wildman–Crippen MR) is 100 cm³/mol. The van der Waals surface area contributed by atoms with Crippen LogP contribution >= 0.6 is 23.3 Å². The molecule has 1 unspecified atom stereocenters. The van der Waals surface area contributed by atoms with E-state index in [-0.39, 0.29) is 0 Å². The third-order valence-corrected chi connectivity index (χ3v) is 6.60. The Morgan fingerprint density at radius 3 is 2.00 bits per heavy atom. The predicted octanol–water partition coefficient (Wildman–Crippen LogP) is 5.66. The minimum absolute atomic E-state index is 0.443. The van der Waals surface area contributed by atoms with E-state index in [2.05, 4.69) is 82.5 Å². The molecule has 1 saturated heterocycles. The van der Waals surface area contributed by atoms with Gasteiger partial charge < -0.3 is 0 Å². The lowest BCUT2D eigenvalue weighted by atomic mass is 9.81. The first kappa shape index (κ1) is 15.0. The van der Waals surface area contributed by atoms with Crippen molar-refractivity contribution in [2.24, 2.45) is 0 Å². The minimum atomic E-state index is 0.443. The average Bonchev–Trinajstić information content (AvgIpc) is 3.11. The van der Waals surface area contributed by atoms with E-state index >= 15 is 0 Å². The summed E-state index contributed by atoms with van der Waals surface area (Å²) in [6.45, 7) is 1.17. The molecule has 3 heteroatoms. The van der Waals surface area contributed by atoms with Crippen molar-refractivity contribution >= 4 is 23.3 Å². The lowest BCUT2D eigenvalue weighted by Crippen LogP contribution is -2.46. The van der Waals surface area contributed by atoms with Crippen LogP contribution in [0.3, 0.4) is 0 Å². The van der Waals surface area contributed by atoms with Crippen LogP contribution in [0.25, 0.3) is 0 Å². The molecule has 0 saturated carbocycles. The summed E-state index contributed by atoms with van der Waals surface area (Å²) < 4.78 is 3.94. The molecular weight excluding hydrogens is 318 g/mol. The first-order chi connectivity index (χ1) is 11.4. The van der Waals surface area contributed by atoms with Gasteiger partial charge in [-0.2, -0.15) is 0 Å². The molecule has 0 bridgehead atoms. The van der Waals surface area contributed by atoms with Gasteiger partial charge in [0.05, 0.1) is 4.21 Å². The van der Waals surface area contributed by atoms with Crippen molar-refractivity contribution in [2.75, 3.05) is 6.54 Å². The summed E-state index contributed by atoms with van der Waals surface area (Å²) in [4.78, 5) is 0. The third-order valence-electron chi connectivity index (χ3n) is 4.42. The van der Waals surface area contributed by atoms with Crippen LogP contribution in [-0.4, -0.2) is 16.9 Å². The summed E-state index contributed by atoms with van der Waals surface area (Å²) in [6.07, 6.45) is 1.26. The van der Waals surface area contributed by atoms with Crippen LogP contribution in [0.15, 0.2) is 82.4 Å². The number of hydrogen-bond donors (Lipinski definition) is 0. The number of hydrogen-bond acceptors (Lipinski definition) is 3. The fraction of sp³-hybridized carbons (Fsp3) is 0.200. The molecule has 0 spiro atoms. The molecule has 1 aromatic heterocycles. The van der Waals surface area contributed by atoms with Crippen molar-refractivity contribution in [2.45, 2.75) is 22.6 Å². The molecule has 1 atom stereocenters. The SMILES string of the molecule is c1ccc(C(c2ccccc2)C2CCN2Sc2cccs2)cc1. The van der Waals surface area contributed by atoms with E-state index in [0.717, 1.165) is 0 Å². The second kappa shape index (κ2) is 6.91. The maximum absolute atomic E-state index is 2.55. The van der Waals surface area contributed by atoms with Crippen molar-refractivity contribution < 1.29 is 0 Å². The first-order valence-corrected chi connectivity index (χ1v) is 9.65. The lowest BCUT2D eigenvalue weighted by molar-refractivity contribution is 0.200. The van der Waals surface area contributed by atoms with Crippen molar-refractivity contribution in [3.8, 4) is 0 Å². The van der Waals surface area contributed by atoms with Crippen molar-refractivity contribution in [1.29, 1.82) is 0 Å². The van der Waals surface area contributed by atoms with E-state index in [0.29, 0.717) is 12.0 Å². The molecule has 1 fully saturated rings. The summed E-state index contributed by atoms with van der Waals surface area (Å²) in [6, 6.07) is 26.8. The normalized spacial score (nSPS) is 18.0. The molecule has 0 N–H and O–H groups in total. The largest absolute Gasteiger partial charge is 0.242 e. The third kappa shape index (κ3) is 3.23. The topological polar surface area (TPSA) is 3.24 Å². The van der Waals surface area contributed by atoms with E-state index in [1.807, 2.05) is 23.3 Å². The zero-order valence-corrected chi connectivity index (χ0v) is 14.5. The van der Waals surface area contributed by atoms with Crippen molar-refractivity contribution in [3.63, 3.8) is 0 Å². The monoisotopic (exact) mass is 337 g/mol.